The fourth-order valence-corrected chi connectivity index (χ4v) is 1.23. The van der Waals surface area contributed by atoms with Crippen molar-refractivity contribution in [1.29, 1.82) is 0 Å². The molecule has 0 radical (unpaired) electrons. The van der Waals surface area contributed by atoms with Crippen LogP contribution >= 0.6 is 15.9 Å². The third kappa shape index (κ3) is 3.46. The molecule has 0 aliphatic heterocycles. The first-order valence-electron chi connectivity index (χ1n) is 4.16. The summed E-state index contributed by atoms with van der Waals surface area (Å²) in [5.41, 5.74) is 0.352. The van der Waals surface area contributed by atoms with Gasteiger partial charge in [-0.15, -0.1) is 0 Å². The van der Waals surface area contributed by atoms with Gasteiger partial charge in [0.15, 0.2) is 5.01 Å². The van der Waals surface area contributed by atoms with E-state index in [9.17, 15) is 9.18 Å². The molecule has 76 valence electrons. The number of ether oxygens (including phenoxy) is 1. The molecule has 4 heteroatoms. The molecular weight excluding hydrogens is 251 g/mol. The zero-order valence-electron chi connectivity index (χ0n) is 7.67. The number of hydrogen-bond acceptors (Lipinski definition) is 2. The maximum atomic E-state index is 13.1. The first-order chi connectivity index (χ1) is 6.59. The molecule has 2 nitrogen and oxygen atoms in total. The molecule has 0 heterocycles. The van der Waals surface area contributed by atoms with Gasteiger partial charge in [-0.3, -0.25) is 4.79 Å². The van der Waals surface area contributed by atoms with E-state index in [1.165, 1.54) is 6.07 Å². The number of alkyl halides is 1. The van der Waals surface area contributed by atoms with Crippen molar-refractivity contribution in [3.63, 3.8) is 0 Å². The van der Waals surface area contributed by atoms with Crippen LogP contribution < -0.4 is 0 Å². The van der Waals surface area contributed by atoms with Gasteiger partial charge in [-0.1, -0.05) is 18.2 Å². The lowest BCUT2D eigenvalue weighted by Gasteiger charge is -2.06. The van der Waals surface area contributed by atoms with Crippen LogP contribution in [0.25, 0.3) is 0 Å². The summed E-state index contributed by atoms with van der Waals surface area (Å²) in [6.07, 6.45) is -0.0391. The van der Waals surface area contributed by atoms with Crippen molar-refractivity contribution in [1.82, 2.24) is 0 Å². The maximum absolute atomic E-state index is 13.1. The van der Waals surface area contributed by atoms with Gasteiger partial charge in [0.25, 0.3) is 0 Å². The van der Waals surface area contributed by atoms with Gasteiger partial charge in [0.1, 0.15) is 5.82 Å². The molecule has 0 amide bonds. The topological polar surface area (TPSA) is 26.3 Å². The maximum Gasteiger partial charge on any atom is 0.311 e. The standard InChI is InChI=1S/C10H10BrFO2/c1-7(11)14-10(13)6-8-4-2-3-5-9(8)12/h2-5,7H,6H2,1H3. The number of carbonyl (C=O) groups excluding carboxylic acids is 1. The zero-order chi connectivity index (χ0) is 10.6. The second-order valence-electron chi connectivity index (χ2n) is 2.80. The highest BCUT2D eigenvalue weighted by atomic mass is 79.9. The molecular formula is C10H10BrFO2. The Hall–Kier alpha value is -0.900. The second kappa shape index (κ2) is 5.10. The van der Waals surface area contributed by atoms with Crippen LogP contribution in [0.1, 0.15) is 12.5 Å². The van der Waals surface area contributed by atoms with Gasteiger partial charge in [-0.05, 0) is 34.5 Å². The molecule has 0 bridgehead atoms. The number of hydrogen-bond donors (Lipinski definition) is 0. The molecule has 0 spiro atoms. The first kappa shape index (κ1) is 11.2. The van der Waals surface area contributed by atoms with E-state index in [4.69, 9.17) is 4.74 Å². The molecule has 1 unspecified atom stereocenters. The van der Waals surface area contributed by atoms with E-state index in [0.29, 0.717) is 5.56 Å². The highest BCUT2D eigenvalue weighted by Crippen LogP contribution is 2.09. The number of carbonyl (C=O) groups is 1. The van der Waals surface area contributed by atoms with Crippen LogP contribution in [-0.2, 0) is 16.0 Å². The Morgan fingerprint density at radius 3 is 2.79 bits per heavy atom. The summed E-state index contributed by atoms with van der Waals surface area (Å²) in [6.45, 7) is 1.68. The van der Waals surface area contributed by atoms with Gasteiger partial charge in [0.2, 0.25) is 0 Å². The van der Waals surface area contributed by atoms with Crippen molar-refractivity contribution in [2.75, 3.05) is 0 Å². The Balaban J connectivity index is 2.61. The van der Waals surface area contributed by atoms with E-state index < -0.39 is 5.97 Å². The smallest absolute Gasteiger partial charge is 0.311 e. The lowest BCUT2D eigenvalue weighted by atomic mass is 10.1. The summed E-state index contributed by atoms with van der Waals surface area (Å²) < 4.78 is 17.9. The quantitative estimate of drug-likeness (QED) is 0.617. The van der Waals surface area contributed by atoms with Crippen LogP contribution in [-0.4, -0.2) is 11.0 Å². The molecule has 0 aromatic heterocycles. The van der Waals surface area contributed by atoms with Crippen LogP contribution in [0.2, 0.25) is 0 Å². The van der Waals surface area contributed by atoms with E-state index in [-0.39, 0.29) is 17.3 Å². The van der Waals surface area contributed by atoms with E-state index in [2.05, 4.69) is 15.9 Å². The van der Waals surface area contributed by atoms with E-state index >= 15 is 0 Å². The fourth-order valence-electron chi connectivity index (χ4n) is 1.02. The highest BCUT2D eigenvalue weighted by molar-refractivity contribution is 9.09. The summed E-state index contributed by atoms with van der Waals surface area (Å²) in [6, 6.07) is 6.15. The summed E-state index contributed by atoms with van der Waals surface area (Å²) in [5, 5.41) is -0.346. The number of esters is 1. The van der Waals surface area contributed by atoms with Crippen molar-refractivity contribution in [3.05, 3.63) is 35.6 Å². The van der Waals surface area contributed by atoms with Crippen LogP contribution in [0.15, 0.2) is 24.3 Å². The van der Waals surface area contributed by atoms with Crippen molar-refractivity contribution >= 4 is 21.9 Å². The summed E-state index contributed by atoms with van der Waals surface area (Å²) in [4.78, 5) is 11.2. The molecule has 0 saturated heterocycles. The summed E-state index contributed by atoms with van der Waals surface area (Å²) in [7, 11) is 0. The van der Waals surface area contributed by atoms with Crippen molar-refractivity contribution in [3.8, 4) is 0 Å². The van der Waals surface area contributed by atoms with E-state index in [1.54, 1.807) is 25.1 Å². The predicted octanol–water partition coefficient (Wildman–Crippen LogP) is 2.65. The minimum absolute atomic E-state index is 0.0391. The molecule has 0 aliphatic carbocycles. The van der Waals surface area contributed by atoms with Crippen molar-refractivity contribution in [2.45, 2.75) is 18.4 Å². The molecule has 14 heavy (non-hydrogen) atoms. The second-order valence-corrected chi connectivity index (χ2v) is 4.09. The van der Waals surface area contributed by atoms with Gasteiger partial charge in [-0.2, -0.15) is 0 Å². The van der Waals surface area contributed by atoms with Gasteiger partial charge in [-0.25, -0.2) is 4.39 Å². The molecule has 1 atom stereocenters. The highest BCUT2D eigenvalue weighted by Gasteiger charge is 2.10. The minimum atomic E-state index is -0.445. The number of halogens is 2. The third-order valence-corrected chi connectivity index (χ3v) is 1.77. The molecule has 0 fully saturated rings. The average molecular weight is 261 g/mol. The number of benzene rings is 1. The molecule has 1 aromatic carbocycles. The first-order valence-corrected chi connectivity index (χ1v) is 5.08. The monoisotopic (exact) mass is 260 g/mol. The molecule has 1 aromatic rings. The average Bonchev–Trinajstić information content (AvgIpc) is 2.07. The molecule has 0 N–H and O–H groups in total. The Bertz CT molecular complexity index is 326. The van der Waals surface area contributed by atoms with Crippen LogP contribution in [0.3, 0.4) is 0 Å². The Kier molecular flexibility index (Phi) is 4.07. The lowest BCUT2D eigenvalue weighted by molar-refractivity contribution is -0.143. The third-order valence-electron chi connectivity index (χ3n) is 1.59. The SMILES string of the molecule is CC(Br)OC(=O)Cc1ccccc1F. The predicted molar refractivity (Wildman–Crippen MR) is 54.6 cm³/mol. The Morgan fingerprint density at radius 1 is 1.57 bits per heavy atom. The molecule has 0 saturated carbocycles. The van der Waals surface area contributed by atoms with E-state index in [1.807, 2.05) is 0 Å². The summed E-state index contributed by atoms with van der Waals surface area (Å²) >= 11 is 3.07. The van der Waals surface area contributed by atoms with E-state index in [0.717, 1.165) is 0 Å². The molecule has 0 aliphatic rings. The minimum Gasteiger partial charge on any atom is -0.451 e. The van der Waals surface area contributed by atoms with Gasteiger partial charge in [0, 0.05) is 0 Å². The van der Waals surface area contributed by atoms with Crippen molar-refractivity contribution < 1.29 is 13.9 Å². The van der Waals surface area contributed by atoms with Gasteiger partial charge < -0.3 is 4.74 Å². The lowest BCUT2D eigenvalue weighted by Crippen LogP contribution is -2.12. The molecule has 1 rings (SSSR count). The van der Waals surface area contributed by atoms with Gasteiger partial charge in [0.05, 0.1) is 6.42 Å². The summed E-state index contributed by atoms with van der Waals surface area (Å²) in [5.74, 6) is -0.828. The van der Waals surface area contributed by atoms with Crippen molar-refractivity contribution in [2.24, 2.45) is 0 Å². The van der Waals surface area contributed by atoms with Crippen LogP contribution in [0.5, 0.6) is 0 Å². The fraction of sp³-hybridized carbons (Fsp3) is 0.300. The van der Waals surface area contributed by atoms with Gasteiger partial charge >= 0.3 is 5.97 Å². The normalized spacial score (nSPS) is 12.2. The van der Waals surface area contributed by atoms with Crippen LogP contribution in [0, 0.1) is 5.82 Å². The number of rotatable bonds is 3. The Labute approximate surface area is 90.2 Å². The largest absolute Gasteiger partial charge is 0.451 e. The van der Waals surface area contributed by atoms with Crippen LogP contribution in [0.4, 0.5) is 4.39 Å². The Morgan fingerprint density at radius 2 is 2.21 bits per heavy atom. The zero-order valence-corrected chi connectivity index (χ0v) is 9.25.